The third kappa shape index (κ3) is 7.80. The summed E-state index contributed by atoms with van der Waals surface area (Å²) >= 11 is -0.655. The van der Waals surface area contributed by atoms with Crippen LogP contribution in [0.15, 0.2) is 24.3 Å². The van der Waals surface area contributed by atoms with Crippen molar-refractivity contribution >= 4 is 29.1 Å². The van der Waals surface area contributed by atoms with Gasteiger partial charge in [0.05, 0.1) is 0 Å². The molecular formula is C11H17Cl2NOSSn. The summed E-state index contributed by atoms with van der Waals surface area (Å²) in [6, 6.07) is 8.53. The summed E-state index contributed by atoms with van der Waals surface area (Å²) in [7, 11) is 1.95. The van der Waals surface area contributed by atoms with Gasteiger partial charge in [-0.1, -0.05) is 0 Å². The van der Waals surface area contributed by atoms with Crippen molar-refractivity contribution in [2.45, 2.75) is 25.6 Å². The maximum absolute atomic E-state index is 5.92. The van der Waals surface area contributed by atoms with E-state index < -0.39 is 20.2 Å². The minimum absolute atomic E-state index is 0. The number of hydrogen-bond donors (Lipinski definition) is 1. The van der Waals surface area contributed by atoms with Gasteiger partial charge in [-0.25, -0.2) is 0 Å². The number of hydrogen-bond acceptors (Lipinski definition) is 3. The van der Waals surface area contributed by atoms with Gasteiger partial charge in [-0.3, -0.25) is 0 Å². The Hall–Kier alpha value is 0.869. The monoisotopic (exact) mass is 401 g/mol. The first-order valence-electron chi connectivity index (χ1n) is 5.07. The molecule has 1 aromatic carbocycles. The van der Waals surface area contributed by atoms with Crippen LogP contribution in [-0.2, 0) is 8.83 Å². The van der Waals surface area contributed by atoms with E-state index in [1.54, 1.807) is 0 Å². The molecule has 0 aliphatic rings. The van der Waals surface area contributed by atoms with Crippen LogP contribution in [0.2, 0.25) is 0 Å². The zero-order valence-corrected chi connectivity index (χ0v) is 15.1. The van der Waals surface area contributed by atoms with Crippen molar-refractivity contribution in [1.82, 2.24) is 0 Å². The smallest absolute Gasteiger partial charge is 1.00 e. The Balaban J connectivity index is 0. The molecule has 0 bridgehead atoms. The van der Waals surface area contributed by atoms with Crippen molar-refractivity contribution in [1.29, 1.82) is 0 Å². The Morgan fingerprint density at radius 3 is 2.59 bits per heavy atom. The molecule has 0 saturated carbocycles. The summed E-state index contributed by atoms with van der Waals surface area (Å²) < 4.78 is 5.46. The van der Waals surface area contributed by atoms with Gasteiger partial charge < -0.3 is 24.8 Å². The van der Waals surface area contributed by atoms with E-state index >= 15 is 0 Å². The van der Waals surface area contributed by atoms with E-state index in [9.17, 15) is 0 Å². The fourth-order valence-electron chi connectivity index (χ4n) is 1.32. The van der Waals surface area contributed by atoms with Gasteiger partial charge in [0.2, 0.25) is 0 Å². The van der Waals surface area contributed by atoms with Gasteiger partial charge in [0.1, 0.15) is 0 Å². The van der Waals surface area contributed by atoms with E-state index in [-0.39, 0.29) is 30.9 Å². The van der Waals surface area contributed by atoms with Crippen molar-refractivity contribution in [3.05, 3.63) is 35.4 Å². The molecule has 0 radical (unpaired) electrons. The molecule has 0 amide bonds. The van der Waals surface area contributed by atoms with Gasteiger partial charge in [0, 0.05) is 0 Å². The third-order valence-corrected chi connectivity index (χ3v) is 6.80. The summed E-state index contributed by atoms with van der Waals surface area (Å²) in [4.78, 5) is 0. The van der Waals surface area contributed by atoms with Crippen LogP contribution >= 0.6 is 8.95 Å². The molecule has 17 heavy (non-hydrogen) atoms. The first-order valence-corrected chi connectivity index (χ1v) is 10.7. The molecular weight excluding hydrogens is 384 g/mol. The Morgan fingerprint density at radius 2 is 2.00 bits per heavy atom. The van der Waals surface area contributed by atoms with Gasteiger partial charge in [-0.05, 0) is 0 Å². The average Bonchev–Trinajstić information content (AvgIpc) is 2.25. The number of halogens is 2. The molecule has 96 valence electrons. The van der Waals surface area contributed by atoms with E-state index in [2.05, 4.69) is 31.2 Å². The van der Waals surface area contributed by atoms with Crippen LogP contribution in [0.5, 0.6) is 0 Å². The van der Waals surface area contributed by atoms with Crippen LogP contribution in [0.3, 0.4) is 0 Å². The first kappa shape index (κ1) is 20.2. The Labute approximate surface area is 129 Å². The second-order valence-electron chi connectivity index (χ2n) is 3.29. The minimum Gasteiger partial charge on any atom is -1.00 e. The summed E-state index contributed by atoms with van der Waals surface area (Å²) in [5.74, 6) is 1.05. The van der Waals surface area contributed by atoms with Crippen molar-refractivity contribution in [3.63, 3.8) is 0 Å². The molecule has 0 spiro atoms. The molecule has 1 unspecified atom stereocenters. The summed E-state index contributed by atoms with van der Waals surface area (Å²) in [5, 5.41) is 0. The topological polar surface area (TPSA) is 35.2 Å². The Bertz CT molecular complexity index is 303. The quantitative estimate of drug-likeness (QED) is 0.398. The first-order chi connectivity index (χ1) is 7.25. The number of nitrogens with two attached hydrogens (primary N) is 1. The molecule has 1 atom stereocenters. The van der Waals surface area contributed by atoms with E-state index in [0.717, 1.165) is 12.4 Å². The van der Waals surface area contributed by atoms with Crippen molar-refractivity contribution in [2.24, 2.45) is 5.73 Å². The van der Waals surface area contributed by atoms with E-state index in [1.165, 1.54) is 11.1 Å². The van der Waals surface area contributed by atoms with Gasteiger partial charge in [-0.2, -0.15) is 0 Å². The van der Waals surface area contributed by atoms with E-state index in [4.69, 9.17) is 8.81 Å². The van der Waals surface area contributed by atoms with Crippen LogP contribution in [0.1, 0.15) is 31.0 Å². The predicted molar refractivity (Wildman–Crippen MR) is 67.7 cm³/mol. The molecule has 0 fully saturated rings. The zero-order valence-electron chi connectivity index (χ0n) is 9.95. The van der Waals surface area contributed by atoms with Crippen LogP contribution in [0, 0.1) is 0 Å². The molecule has 0 aromatic heterocycles. The number of benzene rings is 1. The fraction of sp³-hybridized carbons (Fsp3) is 0.455. The van der Waals surface area contributed by atoms with Crippen molar-refractivity contribution in [2.75, 3.05) is 6.61 Å². The largest absolute Gasteiger partial charge is 1.00 e. The maximum Gasteiger partial charge on any atom is -1.00 e. The van der Waals surface area contributed by atoms with E-state index in [0.29, 0.717) is 0 Å². The van der Waals surface area contributed by atoms with Crippen LogP contribution in [-0.4, -0.2) is 26.8 Å². The standard InChI is InChI=1S/C9H13NS.C2H5O.2ClH.Sn/c1-7(10)9-5-3-2-4-8(9)6-11;1-2-3;;;/h2-5,7,11H,6,10H2,1H3;2H2,1H3;2*1H;/q;-1;;;+4/p-3. The fourth-order valence-corrected chi connectivity index (χ4v) is 5.55. The van der Waals surface area contributed by atoms with Crippen molar-refractivity contribution < 1.29 is 27.9 Å². The van der Waals surface area contributed by atoms with Gasteiger partial charge in [0.25, 0.3) is 0 Å². The Morgan fingerprint density at radius 1 is 1.35 bits per heavy atom. The average molecular weight is 401 g/mol. The molecule has 2 N–H and O–H groups in total. The minimum atomic E-state index is -0.655. The van der Waals surface area contributed by atoms with E-state index in [1.807, 2.05) is 15.9 Å². The second kappa shape index (κ2) is 11.9. The van der Waals surface area contributed by atoms with Crippen molar-refractivity contribution in [3.8, 4) is 0 Å². The maximum atomic E-state index is 5.92. The van der Waals surface area contributed by atoms with Gasteiger partial charge >= 0.3 is 106 Å². The molecule has 1 aromatic rings. The molecule has 0 aliphatic carbocycles. The third-order valence-electron chi connectivity index (χ3n) is 2.04. The molecule has 2 nitrogen and oxygen atoms in total. The second-order valence-corrected chi connectivity index (χ2v) is 8.76. The van der Waals surface area contributed by atoms with Crippen LogP contribution in [0.4, 0.5) is 0 Å². The predicted octanol–water partition coefficient (Wildman–Crippen LogP) is -3.48. The summed E-state index contributed by atoms with van der Waals surface area (Å²) in [6.07, 6.45) is 0. The van der Waals surface area contributed by atoms with Gasteiger partial charge in [0.15, 0.2) is 0 Å². The summed E-state index contributed by atoms with van der Waals surface area (Å²) in [6.45, 7) is 4.94. The molecule has 6 heteroatoms. The Kier molecular flexibility index (Phi) is 14.2. The zero-order chi connectivity index (χ0) is 11.1. The molecule has 1 rings (SSSR count). The summed E-state index contributed by atoms with van der Waals surface area (Å²) in [5.41, 5.74) is 8.54. The SMILES string of the molecule is CC[O][Sn+2][S]Cc1ccccc1C(C)N.[Cl-].[Cl-]. The number of rotatable bonds is 6. The van der Waals surface area contributed by atoms with Crippen LogP contribution < -0.4 is 30.5 Å². The van der Waals surface area contributed by atoms with Gasteiger partial charge in [-0.15, -0.1) is 0 Å². The molecule has 0 aliphatic heterocycles. The normalized spacial score (nSPS) is 10.8. The molecule has 0 heterocycles. The van der Waals surface area contributed by atoms with Crippen LogP contribution in [0.25, 0.3) is 0 Å². The molecule has 0 saturated heterocycles.